The van der Waals surface area contributed by atoms with Crippen molar-refractivity contribution in [2.45, 2.75) is 143 Å². The molecule has 0 aromatic heterocycles. The molecule has 5 aromatic rings. The zero-order valence-electron chi connectivity index (χ0n) is 38.4. The molecule has 3 heteroatoms. The van der Waals surface area contributed by atoms with E-state index < -0.39 is 0 Å². The summed E-state index contributed by atoms with van der Waals surface area (Å²) in [5.74, 6) is 1.97. The van der Waals surface area contributed by atoms with E-state index in [4.69, 9.17) is 0 Å². The summed E-state index contributed by atoms with van der Waals surface area (Å²) in [7, 11) is 0. The smallest absolute Gasteiger partial charge is 0.252 e. The lowest BCUT2D eigenvalue weighted by molar-refractivity contribution is 0.0666. The molecule has 5 aromatic carbocycles. The Kier molecular flexibility index (Phi) is 9.09. The predicted molar refractivity (Wildman–Crippen MR) is 259 cm³/mol. The monoisotopic (exact) mass is 791 g/mol. The summed E-state index contributed by atoms with van der Waals surface area (Å²) >= 11 is 0. The van der Waals surface area contributed by atoms with Crippen molar-refractivity contribution in [2.24, 2.45) is 17.3 Å². The number of allylic oxidation sites excluding steroid dienone is 2. The number of nitrogens with zero attached hydrogens (tertiary/aromatic N) is 2. The van der Waals surface area contributed by atoms with E-state index in [-0.39, 0.29) is 23.0 Å². The SMILES string of the molecule is Cc1cc2c3c(c1)N1c4c(cc(C(C)(C)c5ccccc5)cc4C4CC(C(C)(C)C5CC=CCC5)CCC41)B3c1cc(C(C)(C)C)ccc1N2c1ccc(C(C)(C)C)cc1. The van der Waals surface area contributed by atoms with Crippen molar-refractivity contribution in [1.82, 2.24) is 0 Å². The molecule has 0 bridgehead atoms. The van der Waals surface area contributed by atoms with Gasteiger partial charge in [-0.1, -0.05) is 148 Å². The Morgan fingerprint density at radius 3 is 1.95 bits per heavy atom. The third kappa shape index (κ3) is 6.10. The highest BCUT2D eigenvalue weighted by Crippen LogP contribution is 2.59. The van der Waals surface area contributed by atoms with Crippen molar-refractivity contribution in [2.75, 3.05) is 9.80 Å². The van der Waals surface area contributed by atoms with Crippen LogP contribution < -0.4 is 26.2 Å². The summed E-state index contributed by atoms with van der Waals surface area (Å²) in [6.45, 7) is 26.7. The lowest BCUT2D eigenvalue weighted by atomic mass is 9.33. The van der Waals surface area contributed by atoms with Crippen molar-refractivity contribution >= 4 is 51.5 Å². The summed E-state index contributed by atoms with van der Waals surface area (Å²) in [5.41, 5.74) is 20.1. The maximum absolute atomic E-state index is 2.91. The van der Waals surface area contributed by atoms with Crippen LogP contribution in [0.15, 0.2) is 109 Å². The molecule has 1 saturated carbocycles. The second kappa shape index (κ2) is 13.8. The Bertz CT molecular complexity index is 2510. The molecule has 0 saturated heterocycles. The van der Waals surface area contributed by atoms with Crippen LogP contribution in [0.5, 0.6) is 0 Å². The number of benzene rings is 5. The van der Waals surface area contributed by atoms with E-state index in [0.717, 1.165) is 5.92 Å². The Morgan fingerprint density at radius 2 is 1.27 bits per heavy atom. The number of fused-ring (bicyclic) bond motifs is 7. The normalized spacial score (nSPS) is 22.0. The molecule has 0 N–H and O–H groups in total. The lowest BCUT2D eigenvalue weighted by Crippen LogP contribution is -2.62. The summed E-state index contributed by atoms with van der Waals surface area (Å²) in [6, 6.07) is 39.1. The average Bonchev–Trinajstić information content (AvgIpc) is 3.56. The van der Waals surface area contributed by atoms with Crippen LogP contribution in [0.25, 0.3) is 0 Å². The van der Waals surface area contributed by atoms with Crippen molar-refractivity contribution in [3.63, 3.8) is 0 Å². The zero-order chi connectivity index (χ0) is 42.1. The number of rotatable bonds is 5. The molecule has 3 heterocycles. The summed E-state index contributed by atoms with van der Waals surface area (Å²) < 4.78 is 0. The Labute approximate surface area is 362 Å². The molecule has 5 aliphatic rings. The third-order valence-electron chi connectivity index (χ3n) is 16.4. The van der Waals surface area contributed by atoms with E-state index >= 15 is 0 Å². The molecular weight excluding hydrogens is 723 g/mol. The molecule has 60 heavy (non-hydrogen) atoms. The molecule has 4 atom stereocenters. The van der Waals surface area contributed by atoms with Gasteiger partial charge >= 0.3 is 0 Å². The largest absolute Gasteiger partial charge is 0.338 e. The Hall–Kier alpha value is -4.50. The first kappa shape index (κ1) is 39.6. The molecule has 2 aliphatic carbocycles. The summed E-state index contributed by atoms with van der Waals surface area (Å²) in [5, 5.41) is 0. The van der Waals surface area contributed by atoms with Crippen molar-refractivity contribution in [3.8, 4) is 0 Å². The standard InChI is InChI=1S/C57H67BN2/c1-36-30-50-52-51(31-36)60-48-28-25-41(56(8,9)38-18-14-12-15-19-38)32-44(48)45-33-42(57(10,11)39-20-16-13-17-21-39)35-47(53(45)60)58(52)46-34-40(55(5,6)7)24-29-49(46)59(50)43-26-22-37(23-27-43)54(2,3)4/h12-14,16-17,20-24,26-27,29-31,33-35,38,41,44,48H,15,18-19,25,28,32H2,1-11H3. The first-order valence-electron chi connectivity index (χ1n) is 23.3. The van der Waals surface area contributed by atoms with E-state index in [0.29, 0.717) is 23.3 Å². The number of hydrogen-bond donors (Lipinski definition) is 0. The average molecular weight is 791 g/mol. The molecule has 0 spiro atoms. The molecule has 0 amide bonds. The van der Waals surface area contributed by atoms with Crippen LogP contribution >= 0.6 is 0 Å². The molecular formula is C57H67BN2. The van der Waals surface area contributed by atoms with E-state index in [1.165, 1.54) is 111 Å². The van der Waals surface area contributed by atoms with Crippen molar-refractivity contribution in [1.29, 1.82) is 0 Å². The van der Waals surface area contributed by atoms with Crippen LogP contribution in [0.1, 0.15) is 147 Å². The highest BCUT2D eigenvalue weighted by Gasteiger charge is 2.54. The second-order valence-electron chi connectivity index (χ2n) is 22.7. The molecule has 10 rings (SSSR count). The van der Waals surface area contributed by atoms with Crippen LogP contribution in [0, 0.1) is 24.2 Å². The molecule has 308 valence electrons. The van der Waals surface area contributed by atoms with Gasteiger partial charge in [0.25, 0.3) is 6.71 Å². The highest BCUT2D eigenvalue weighted by molar-refractivity contribution is 7.00. The van der Waals surface area contributed by atoms with E-state index in [9.17, 15) is 0 Å². The third-order valence-corrected chi connectivity index (χ3v) is 16.4. The predicted octanol–water partition coefficient (Wildman–Crippen LogP) is 13.3. The van der Waals surface area contributed by atoms with Gasteiger partial charge in [-0.2, -0.15) is 0 Å². The van der Waals surface area contributed by atoms with Crippen LogP contribution in [0.3, 0.4) is 0 Å². The lowest BCUT2D eigenvalue weighted by Gasteiger charge is -2.48. The van der Waals surface area contributed by atoms with Gasteiger partial charge in [0.15, 0.2) is 0 Å². The topological polar surface area (TPSA) is 6.48 Å². The minimum atomic E-state index is -0.153. The maximum atomic E-state index is 2.91. The van der Waals surface area contributed by atoms with Gasteiger partial charge in [-0.25, -0.2) is 0 Å². The van der Waals surface area contributed by atoms with E-state index in [2.05, 4.69) is 195 Å². The van der Waals surface area contributed by atoms with Gasteiger partial charge in [-0.05, 0) is 154 Å². The van der Waals surface area contributed by atoms with Gasteiger partial charge in [0, 0.05) is 45.8 Å². The minimum Gasteiger partial charge on any atom is -0.338 e. The first-order chi connectivity index (χ1) is 28.4. The number of hydrogen-bond acceptors (Lipinski definition) is 2. The van der Waals surface area contributed by atoms with Gasteiger partial charge in [0.05, 0.1) is 0 Å². The van der Waals surface area contributed by atoms with Crippen LogP contribution in [-0.2, 0) is 16.2 Å². The van der Waals surface area contributed by atoms with Gasteiger partial charge in [0.1, 0.15) is 0 Å². The molecule has 3 aliphatic heterocycles. The van der Waals surface area contributed by atoms with E-state index in [1.807, 2.05) is 0 Å². The Morgan fingerprint density at radius 1 is 0.583 bits per heavy atom. The number of anilines is 5. The summed E-state index contributed by atoms with van der Waals surface area (Å²) in [6.07, 6.45) is 12.5. The van der Waals surface area contributed by atoms with Crippen LogP contribution in [0.2, 0.25) is 0 Å². The van der Waals surface area contributed by atoms with E-state index in [1.54, 1.807) is 5.56 Å². The quantitative estimate of drug-likeness (QED) is 0.127. The summed E-state index contributed by atoms with van der Waals surface area (Å²) in [4.78, 5) is 5.52. The zero-order valence-corrected chi connectivity index (χ0v) is 38.4. The van der Waals surface area contributed by atoms with Gasteiger partial charge in [0.2, 0.25) is 0 Å². The van der Waals surface area contributed by atoms with Crippen LogP contribution in [0.4, 0.5) is 28.4 Å². The molecule has 2 nitrogen and oxygen atoms in total. The first-order valence-corrected chi connectivity index (χ1v) is 23.3. The molecule has 1 fully saturated rings. The fourth-order valence-corrected chi connectivity index (χ4v) is 12.5. The molecule has 0 radical (unpaired) electrons. The van der Waals surface area contributed by atoms with Gasteiger partial charge in [-0.15, -0.1) is 0 Å². The number of aryl methyl sites for hydroxylation is 1. The fraction of sp³-hybridized carbons (Fsp3) is 0.439. The molecule has 4 unspecified atom stereocenters. The fourth-order valence-electron chi connectivity index (χ4n) is 12.5. The minimum absolute atomic E-state index is 0.0231. The maximum Gasteiger partial charge on any atom is 0.252 e. The van der Waals surface area contributed by atoms with Crippen LogP contribution in [-0.4, -0.2) is 12.8 Å². The Balaban J connectivity index is 1.23. The van der Waals surface area contributed by atoms with Gasteiger partial charge < -0.3 is 9.80 Å². The van der Waals surface area contributed by atoms with Gasteiger partial charge in [-0.3, -0.25) is 0 Å². The highest BCUT2D eigenvalue weighted by atomic mass is 15.2. The van der Waals surface area contributed by atoms with Crippen molar-refractivity contribution in [3.05, 3.63) is 143 Å². The second-order valence-corrected chi connectivity index (χ2v) is 22.7. The van der Waals surface area contributed by atoms with Crippen molar-refractivity contribution < 1.29 is 0 Å².